The number of carbonyl (C=O) groups is 1. The van der Waals surface area contributed by atoms with Crippen molar-refractivity contribution in [1.82, 2.24) is 0 Å². The van der Waals surface area contributed by atoms with Gasteiger partial charge in [0.2, 0.25) is 0 Å². The first-order chi connectivity index (χ1) is 6.81. The summed E-state index contributed by atoms with van der Waals surface area (Å²) in [6.45, 7) is 0.801. The first-order valence-corrected chi connectivity index (χ1v) is 5.38. The minimum Gasteiger partial charge on any atom is -0.497 e. The molecule has 0 saturated carbocycles. The molecule has 0 aliphatic carbocycles. The van der Waals surface area contributed by atoms with E-state index in [-0.39, 0.29) is 5.24 Å². The van der Waals surface area contributed by atoms with E-state index >= 15 is 0 Å². The second-order valence-electron chi connectivity index (χ2n) is 2.96. The van der Waals surface area contributed by atoms with Gasteiger partial charge >= 0.3 is 0 Å². The number of amides is 1. The normalized spacial score (nSPS) is 16.1. The van der Waals surface area contributed by atoms with Gasteiger partial charge in [-0.15, -0.1) is 0 Å². The van der Waals surface area contributed by atoms with Gasteiger partial charge in [0.1, 0.15) is 5.75 Å². The van der Waals surface area contributed by atoms with Gasteiger partial charge in [0, 0.05) is 18.0 Å². The lowest BCUT2D eigenvalue weighted by atomic mass is 10.3. The molecule has 0 N–H and O–H groups in total. The number of nitrogens with zero attached hydrogens (tertiary/aromatic N) is 1. The molecule has 4 heteroatoms. The molecule has 0 spiro atoms. The Morgan fingerprint density at radius 3 is 2.57 bits per heavy atom. The molecule has 0 radical (unpaired) electrons. The Morgan fingerprint density at radius 2 is 2.07 bits per heavy atom. The number of hydrogen-bond acceptors (Lipinski definition) is 3. The van der Waals surface area contributed by atoms with Crippen LogP contribution in [0.1, 0.15) is 0 Å². The lowest BCUT2D eigenvalue weighted by Gasteiger charge is -2.14. The standard InChI is InChI=1S/C10H11NO2S/c1-13-9-4-2-8(3-5-9)11-6-7-14-10(11)12/h2-5H,6-7H2,1H3. The average molecular weight is 209 g/mol. The summed E-state index contributed by atoms with van der Waals surface area (Å²) in [4.78, 5) is 13.2. The minimum atomic E-state index is 0.134. The summed E-state index contributed by atoms with van der Waals surface area (Å²) in [5.41, 5.74) is 0.945. The van der Waals surface area contributed by atoms with Crippen LogP contribution in [0.15, 0.2) is 24.3 Å². The molecule has 1 heterocycles. The highest BCUT2D eigenvalue weighted by Gasteiger charge is 2.22. The lowest BCUT2D eigenvalue weighted by Crippen LogP contribution is -2.21. The van der Waals surface area contributed by atoms with E-state index < -0.39 is 0 Å². The Labute approximate surface area is 87.0 Å². The predicted octanol–water partition coefficient (Wildman–Crippen LogP) is 2.37. The number of hydrogen-bond donors (Lipinski definition) is 0. The summed E-state index contributed by atoms with van der Waals surface area (Å²) in [7, 11) is 1.63. The van der Waals surface area contributed by atoms with Gasteiger partial charge in [-0.05, 0) is 24.3 Å². The van der Waals surface area contributed by atoms with E-state index in [4.69, 9.17) is 4.74 Å². The molecule has 0 bridgehead atoms. The van der Waals surface area contributed by atoms with Crippen molar-refractivity contribution in [2.45, 2.75) is 0 Å². The van der Waals surface area contributed by atoms with Crippen LogP contribution in [0.2, 0.25) is 0 Å². The molecule has 14 heavy (non-hydrogen) atoms. The molecule has 2 rings (SSSR count). The highest BCUT2D eigenvalue weighted by atomic mass is 32.2. The van der Waals surface area contributed by atoms with Crippen LogP contribution < -0.4 is 9.64 Å². The number of methoxy groups -OCH3 is 1. The van der Waals surface area contributed by atoms with E-state index in [1.165, 1.54) is 11.8 Å². The maximum absolute atomic E-state index is 11.4. The largest absolute Gasteiger partial charge is 0.497 e. The third-order valence-electron chi connectivity index (χ3n) is 2.14. The van der Waals surface area contributed by atoms with Crippen molar-refractivity contribution in [2.75, 3.05) is 24.3 Å². The molecule has 0 unspecified atom stereocenters. The fraction of sp³-hybridized carbons (Fsp3) is 0.300. The smallest absolute Gasteiger partial charge is 0.286 e. The zero-order valence-corrected chi connectivity index (χ0v) is 8.71. The van der Waals surface area contributed by atoms with Gasteiger partial charge in [-0.25, -0.2) is 0 Å². The monoisotopic (exact) mass is 209 g/mol. The van der Waals surface area contributed by atoms with Gasteiger partial charge in [0.25, 0.3) is 5.24 Å². The molecule has 0 atom stereocenters. The zero-order valence-electron chi connectivity index (χ0n) is 7.90. The lowest BCUT2D eigenvalue weighted by molar-refractivity contribution is 0.266. The van der Waals surface area contributed by atoms with Crippen LogP contribution in [0.3, 0.4) is 0 Å². The summed E-state index contributed by atoms with van der Waals surface area (Å²) in [6, 6.07) is 7.54. The quantitative estimate of drug-likeness (QED) is 0.749. The maximum Gasteiger partial charge on any atom is 0.286 e. The third-order valence-corrected chi connectivity index (χ3v) is 3.00. The van der Waals surface area contributed by atoms with E-state index in [1.54, 1.807) is 12.0 Å². The maximum atomic E-state index is 11.4. The second kappa shape index (κ2) is 3.92. The van der Waals surface area contributed by atoms with Crippen molar-refractivity contribution in [1.29, 1.82) is 0 Å². The van der Waals surface area contributed by atoms with Gasteiger partial charge in [0.05, 0.1) is 7.11 Å². The van der Waals surface area contributed by atoms with Crippen LogP contribution >= 0.6 is 11.8 Å². The summed E-state index contributed by atoms with van der Waals surface area (Å²) in [5.74, 6) is 1.69. The number of carbonyl (C=O) groups excluding carboxylic acids is 1. The van der Waals surface area contributed by atoms with Crippen LogP contribution in [0.4, 0.5) is 10.5 Å². The number of benzene rings is 1. The van der Waals surface area contributed by atoms with Crippen LogP contribution in [-0.2, 0) is 0 Å². The molecule has 1 aliphatic rings. The van der Waals surface area contributed by atoms with Crippen molar-refractivity contribution in [2.24, 2.45) is 0 Å². The van der Waals surface area contributed by atoms with E-state index in [0.717, 1.165) is 23.7 Å². The van der Waals surface area contributed by atoms with Gasteiger partial charge < -0.3 is 9.64 Å². The molecule has 1 amide bonds. The van der Waals surface area contributed by atoms with Crippen LogP contribution in [0, 0.1) is 0 Å². The van der Waals surface area contributed by atoms with E-state index in [1.807, 2.05) is 24.3 Å². The molecule has 1 saturated heterocycles. The van der Waals surface area contributed by atoms with Crippen LogP contribution in [0.5, 0.6) is 5.75 Å². The molecule has 1 aromatic rings. The molecule has 74 valence electrons. The molecular weight excluding hydrogens is 198 g/mol. The molecule has 0 aromatic heterocycles. The molecule has 1 aromatic carbocycles. The summed E-state index contributed by atoms with van der Waals surface area (Å²) >= 11 is 1.37. The zero-order chi connectivity index (χ0) is 9.97. The van der Waals surface area contributed by atoms with Gasteiger partial charge in [-0.2, -0.15) is 0 Å². The van der Waals surface area contributed by atoms with Crippen molar-refractivity contribution in [3.8, 4) is 5.75 Å². The Hall–Kier alpha value is -1.16. The highest BCUT2D eigenvalue weighted by Crippen LogP contribution is 2.26. The number of anilines is 1. The average Bonchev–Trinajstić information content (AvgIpc) is 2.65. The van der Waals surface area contributed by atoms with E-state index in [9.17, 15) is 4.79 Å². The fourth-order valence-corrected chi connectivity index (χ4v) is 2.19. The van der Waals surface area contributed by atoms with Crippen molar-refractivity contribution in [3.63, 3.8) is 0 Å². The first-order valence-electron chi connectivity index (χ1n) is 4.39. The van der Waals surface area contributed by atoms with Gasteiger partial charge in [-0.1, -0.05) is 11.8 Å². The number of rotatable bonds is 2. The minimum absolute atomic E-state index is 0.134. The summed E-state index contributed by atoms with van der Waals surface area (Å²) in [5, 5.41) is 0.134. The second-order valence-corrected chi connectivity index (χ2v) is 4.01. The molecular formula is C10H11NO2S. The van der Waals surface area contributed by atoms with Crippen molar-refractivity contribution >= 4 is 22.7 Å². The van der Waals surface area contributed by atoms with E-state index in [0.29, 0.717) is 0 Å². The van der Waals surface area contributed by atoms with Crippen LogP contribution in [0.25, 0.3) is 0 Å². The van der Waals surface area contributed by atoms with E-state index in [2.05, 4.69) is 0 Å². The highest BCUT2D eigenvalue weighted by molar-refractivity contribution is 8.14. The fourth-order valence-electron chi connectivity index (χ4n) is 1.39. The van der Waals surface area contributed by atoms with Gasteiger partial charge in [0.15, 0.2) is 0 Å². The topological polar surface area (TPSA) is 29.5 Å². The first kappa shape index (κ1) is 9.40. The van der Waals surface area contributed by atoms with Crippen molar-refractivity contribution in [3.05, 3.63) is 24.3 Å². The summed E-state index contributed by atoms with van der Waals surface area (Å²) in [6.07, 6.45) is 0. The molecule has 1 aliphatic heterocycles. The van der Waals surface area contributed by atoms with Crippen LogP contribution in [-0.4, -0.2) is 24.6 Å². The van der Waals surface area contributed by atoms with Crippen molar-refractivity contribution < 1.29 is 9.53 Å². The third kappa shape index (κ3) is 1.70. The Kier molecular flexibility index (Phi) is 2.63. The Bertz CT molecular complexity index is 336. The summed E-state index contributed by atoms with van der Waals surface area (Å²) < 4.78 is 5.05. The van der Waals surface area contributed by atoms with Gasteiger partial charge in [-0.3, -0.25) is 4.79 Å². The number of ether oxygens (including phenoxy) is 1. The number of thioether (sulfide) groups is 1. The predicted molar refractivity (Wildman–Crippen MR) is 58.2 cm³/mol. The Morgan fingerprint density at radius 1 is 1.36 bits per heavy atom. The molecule has 1 fully saturated rings. The SMILES string of the molecule is COc1ccc(N2CCSC2=O)cc1. The Balaban J connectivity index is 2.20. The molecule has 3 nitrogen and oxygen atoms in total.